The van der Waals surface area contributed by atoms with E-state index in [1.54, 1.807) is 6.20 Å². The van der Waals surface area contributed by atoms with Gasteiger partial charge < -0.3 is 0 Å². The molecule has 17 heavy (non-hydrogen) atoms. The van der Waals surface area contributed by atoms with Crippen LogP contribution >= 0.6 is 0 Å². The number of pyridine rings is 1. The molecule has 0 saturated heterocycles. The van der Waals surface area contributed by atoms with Crippen molar-refractivity contribution in [2.45, 2.75) is 33.0 Å². The van der Waals surface area contributed by atoms with Crippen molar-refractivity contribution in [2.24, 2.45) is 10.9 Å². The van der Waals surface area contributed by atoms with Crippen LogP contribution in [0.1, 0.15) is 25.8 Å². The summed E-state index contributed by atoms with van der Waals surface area (Å²) >= 11 is 0. The maximum atomic E-state index is 4.55. The molecule has 1 N–H and O–H groups in total. The Bertz CT molecular complexity index is 409. The van der Waals surface area contributed by atoms with E-state index in [1.807, 2.05) is 18.5 Å². The van der Waals surface area contributed by atoms with Gasteiger partial charge in [0.15, 0.2) is 0 Å². The molecule has 0 spiro atoms. The van der Waals surface area contributed by atoms with Crippen LogP contribution in [-0.2, 0) is 6.54 Å². The maximum absolute atomic E-state index is 4.55. The summed E-state index contributed by atoms with van der Waals surface area (Å²) in [6.45, 7) is 5.18. The summed E-state index contributed by atoms with van der Waals surface area (Å²) in [7, 11) is 0. The van der Waals surface area contributed by atoms with E-state index in [0.717, 1.165) is 13.0 Å². The van der Waals surface area contributed by atoms with Crippen LogP contribution in [0.25, 0.3) is 0 Å². The molecule has 2 rings (SSSR count). The molecule has 3 heteroatoms. The van der Waals surface area contributed by atoms with Gasteiger partial charge in [-0.2, -0.15) is 0 Å². The molecule has 0 fully saturated rings. The van der Waals surface area contributed by atoms with E-state index in [0.29, 0.717) is 5.92 Å². The van der Waals surface area contributed by atoms with E-state index in [2.05, 4.69) is 41.3 Å². The summed E-state index contributed by atoms with van der Waals surface area (Å²) in [6, 6.07) is 4.03. The minimum atomic E-state index is 0.186. The molecule has 0 amide bonds. The topological polar surface area (TPSA) is 37.3 Å². The lowest BCUT2D eigenvalue weighted by molar-refractivity contribution is 0.438. The molecule has 2 atom stereocenters. The van der Waals surface area contributed by atoms with Gasteiger partial charge in [-0.1, -0.05) is 26.0 Å². The predicted molar refractivity (Wildman–Crippen MR) is 70.9 cm³/mol. The largest absolute Gasteiger partial charge is 0.291 e. The lowest BCUT2D eigenvalue weighted by Crippen LogP contribution is -2.34. The molecular weight excluding hydrogens is 210 g/mol. The zero-order valence-corrected chi connectivity index (χ0v) is 10.4. The van der Waals surface area contributed by atoms with E-state index < -0.39 is 0 Å². The fraction of sp³-hybridized carbons (Fsp3) is 0.429. The highest BCUT2D eigenvalue weighted by atomic mass is 15.1. The molecule has 1 aromatic rings. The fourth-order valence-corrected chi connectivity index (χ4v) is 1.96. The van der Waals surface area contributed by atoms with Gasteiger partial charge in [-0.05, 0) is 23.6 Å². The summed E-state index contributed by atoms with van der Waals surface area (Å²) in [5.41, 5.74) is 2.53. The lowest BCUT2D eigenvalue weighted by Gasteiger charge is -2.23. The van der Waals surface area contributed by atoms with Gasteiger partial charge in [-0.15, -0.1) is 0 Å². The molecule has 1 aliphatic rings. The first-order valence-corrected chi connectivity index (χ1v) is 6.15. The zero-order chi connectivity index (χ0) is 12.1. The Morgan fingerprint density at radius 1 is 1.41 bits per heavy atom. The molecule has 0 aromatic carbocycles. The SMILES string of the molecule is CCC1=CC(C)[C@H](NCc2cccnc2)N=C1. The van der Waals surface area contributed by atoms with Crippen LogP contribution in [0.15, 0.2) is 41.2 Å². The lowest BCUT2D eigenvalue weighted by atomic mass is 10.0. The van der Waals surface area contributed by atoms with Crippen LogP contribution in [0, 0.1) is 5.92 Å². The second kappa shape index (κ2) is 5.73. The van der Waals surface area contributed by atoms with Crippen molar-refractivity contribution < 1.29 is 0 Å². The Kier molecular flexibility index (Phi) is 4.04. The Balaban J connectivity index is 1.89. The number of nitrogens with zero attached hydrogens (tertiary/aromatic N) is 2. The van der Waals surface area contributed by atoms with Crippen LogP contribution < -0.4 is 5.32 Å². The van der Waals surface area contributed by atoms with Crippen LogP contribution in [0.3, 0.4) is 0 Å². The van der Waals surface area contributed by atoms with Gasteiger partial charge in [0, 0.05) is 31.1 Å². The number of aliphatic imine (C=N–C) groups is 1. The molecular formula is C14H19N3. The van der Waals surface area contributed by atoms with Crippen LogP contribution in [0.4, 0.5) is 0 Å². The van der Waals surface area contributed by atoms with Crippen molar-refractivity contribution in [1.82, 2.24) is 10.3 Å². The van der Waals surface area contributed by atoms with Gasteiger partial charge in [0.05, 0.1) is 0 Å². The Hall–Kier alpha value is -1.48. The number of dihydropyridines is 1. The monoisotopic (exact) mass is 229 g/mol. The van der Waals surface area contributed by atoms with E-state index in [9.17, 15) is 0 Å². The van der Waals surface area contributed by atoms with Gasteiger partial charge >= 0.3 is 0 Å². The number of hydrogen-bond acceptors (Lipinski definition) is 3. The second-order valence-electron chi connectivity index (χ2n) is 4.42. The van der Waals surface area contributed by atoms with Gasteiger partial charge in [-0.3, -0.25) is 15.3 Å². The highest BCUT2D eigenvalue weighted by Gasteiger charge is 2.16. The second-order valence-corrected chi connectivity index (χ2v) is 4.42. The number of hydrogen-bond donors (Lipinski definition) is 1. The summed E-state index contributed by atoms with van der Waals surface area (Å²) in [4.78, 5) is 8.66. The van der Waals surface area contributed by atoms with Crippen LogP contribution in [0.2, 0.25) is 0 Å². The molecule has 90 valence electrons. The van der Waals surface area contributed by atoms with Crippen LogP contribution in [0.5, 0.6) is 0 Å². The summed E-state index contributed by atoms with van der Waals surface area (Å²) < 4.78 is 0. The van der Waals surface area contributed by atoms with E-state index in [1.165, 1.54) is 11.1 Å². The van der Waals surface area contributed by atoms with Crippen molar-refractivity contribution in [3.63, 3.8) is 0 Å². The molecule has 1 unspecified atom stereocenters. The first kappa shape index (κ1) is 12.0. The minimum absolute atomic E-state index is 0.186. The van der Waals surface area contributed by atoms with Gasteiger partial charge in [0.2, 0.25) is 0 Å². The third-order valence-corrected chi connectivity index (χ3v) is 3.02. The molecule has 0 bridgehead atoms. The maximum Gasteiger partial charge on any atom is 0.106 e. The third kappa shape index (κ3) is 3.24. The van der Waals surface area contributed by atoms with E-state index >= 15 is 0 Å². The molecule has 2 heterocycles. The Labute approximate surface area is 103 Å². The average molecular weight is 229 g/mol. The number of nitrogens with one attached hydrogen (secondary N) is 1. The zero-order valence-electron chi connectivity index (χ0n) is 10.4. The van der Waals surface area contributed by atoms with Crippen LogP contribution in [-0.4, -0.2) is 17.4 Å². The molecule has 0 aliphatic carbocycles. The van der Waals surface area contributed by atoms with Crippen molar-refractivity contribution in [3.8, 4) is 0 Å². The van der Waals surface area contributed by atoms with E-state index in [4.69, 9.17) is 0 Å². The number of rotatable bonds is 4. The summed E-state index contributed by atoms with van der Waals surface area (Å²) in [5, 5.41) is 3.45. The summed E-state index contributed by atoms with van der Waals surface area (Å²) in [5.74, 6) is 0.451. The average Bonchev–Trinajstić information content (AvgIpc) is 2.38. The molecule has 1 aromatic heterocycles. The van der Waals surface area contributed by atoms with Gasteiger partial charge in [0.25, 0.3) is 0 Å². The number of aromatic nitrogens is 1. The van der Waals surface area contributed by atoms with Gasteiger partial charge in [0.1, 0.15) is 6.17 Å². The Morgan fingerprint density at radius 2 is 2.29 bits per heavy atom. The standard InChI is InChI=1S/C14H19N3/c1-3-12-7-11(2)14(16-9-12)17-10-13-5-4-6-15-8-13/h4-9,11,14,17H,3,10H2,1-2H3/t11?,14-/m0/s1. The first-order valence-electron chi connectivity index (χ1n) is 6.15. The molecule has 3 nitrogen and oxygen atoms in total. The normalized spacial score (nSPS) is 23.5. The van der Waals surface area contributed by atoms with Crippen molar-refractivity contribution in [2.75, 3.05) is 0 Å². The smallest absolute Gasteiger partial charge is 0.106 e. The molecule has 0 saturated carbocycles. The van der Waals surface area contributed by atoms with Crippen molar-refractivity contribution >= 4 is 6.21 Å². The Morgan fingerprint density at radius 3 is 2.94 bits per heavy atom. The quantitative estimate of drug-likeness (QED) is 0.861. The number of allylic oxidation sites excluding steroid dienone is 1. The highest BCUT2D eigenvalue weighted by molar-refractivity contribution is 5.79. The first-order chi connectivity index (χ1) is 8.29. The summed E-state index contributed by atoms with van der Waals surface area (Å²) in [6.07, 6.45) is 9.21. The van der Waals surface area contributed by atoms with Crippen molar-refractivity contribution in [3.05, 3.63) is 41.7 Å². The highest BCUT2D eigenvalue weighted by Crippen LogP contribution is 2.16. The van der Waals surface area contributed by atoms with Gasteiger partial charge in [-0.25, -0.2) is 0 Å². The predicted octanol–water partition coefficient (Wildman–Crippen LogP) is 2.55. The molecule has 1 aliphatic heterocycles. The fourth-order valence-electron chi connectivity index (χ4n) is 1.96. The third-order valence-electron chi connectivity index (χ3n) is 3.02. The molecule has 0 radical (unpaired) electrons. The minimum Gasteiger partial charge on any atom is -0.291 e. The van der Waals surface area contributed by atoms with Crippen molar-refractivity contribution in [1.29, 1.82) is 0 Å². The van der Waals surface area contributed by atoms with E-state index in [-0.39, 0.29) is 6.17 Å².